The van der Waals surface area contributed by atoms with Crippen LogP contribution in [-0.4, -0.2) is 18.4 Å². The molecule has 2 N–H and O–H groups in total. The van der Waals surface area contributed by atoms with Crippen molar-refractivity contribution in [1.29, 1.82) is 0 Å². The smallest absolute Gasteiger partial charge is 0.251 e. The van der Waals surface area contributed by atoms with Gasteiger partial charge in [0.25, 0.3) is 5.91 Å². The van der Waals surface area contributed by atoms with Gasteiger partial charge < -0.3 is 10.6 Å². The maximum absolute atomic E-state index is 12.2. The molecule has 1 aromatic rings. The van der Waals surface area contributed by atoms with Gasteiger partial charge in [-0.05, 0) is 43.5 Å². The predicted molar refractivity (Wildman–Crippen MR) is 88.9 cm³/mol. The van der Waals surface area contributed by atoms with Gasteiger partial charge in [0.05, 0.1) is 0 Å². The van der Waals surface area contributed by atoms with Crippen LogP contribution in [0.2, 0.25) is 0 Å². The summed E-state index contributed by atoms with van der Waals surface area (Å²) in [6, 6.07) is 7.13. The van der Waals surface area contributed by atoms with E-state index in [0.717, 1.165) is 44.2 Å². The van der Waals surface area contributed by atoms with Crippen molar-refractivity contribution >= 4 is 17.5 Å². The number of benzene rings is 1. The van der Waals surface area contributed by atoms with E-state index in [1.165, 1.54) is 6.42 Å². The quantitative estimate of drug-likeness (QED) is 0.787. The molecule has 0 heterocycles. The van der Waals surface area contributed by atoms with E-state index in [9.17, 15) is 9.59 Å². The maximum atomic E-state index is 12.2. The Bertz CT molecular complexity index is 490. The number of unbranched alkanes of at least 4 members (excludes halogenated alkanes) is 1. The summed E-state index contributed by atoms with van der Waals surface area (Å²) in [4.78, 5) is 24.1. The molecule has 4 heteroatoms. The van der Waals surface area contributed by atoms with Gasteiger partial charge in [-0.25, -0.2) is 0 Å². The van der Waals surface area contributed by atoms with Gasteiger partial charge in [-0.15, -0.1) is 0 Å². The molecule has 1 saturated carbocycles. The van der Waals surface area contributed by atoms with E-state index in [1.54, 1.807) is 24.3 Å². The zero-order valence-electron chi connectivity index (χ0n) is 13.4. The molecule has 0 saturated heterocycles. The Labute approximate surface area is 132 Å². The lowest BCUT2D eigenvalue weighted by Gasteiger charge is -2.20. The predicted octanol–water partition coefficient (Wildman–Crippen LogP) is 3.74. The summed E-state index contributed by atoms with van der Waals surface area (Å²) in [5.74, 6) is 0.198. The third-order valence-corrected chi connectivity index (χ3v) is 4.21. The first-order chi connectivity index (χ1) is 10.7. The molecule has 0 atom stereocenters. The Balaban J connectivity index is 1.85. The summed E-state index contributed by atoms with van der Waals surface area (Å²) in [5, 5.41) is 5.84. The van der Waals surface area contributed by atoms with Crippen molar-refractivity contribution in [3.8, 4) is 0 Å². The number of carbonyl (C=O) groups is 2. The summed E-state index contributed by atoms with van der Waals surface area (Å²) in [6.45, 7) is 2.80. The van der Waals surface area contributed by atoms with E-state index in [0.29, 0.717) is 12.1 Å². The number of amides is 2. The number of carbonyl (C=O) groups excluding carboxylic acids is 2. The van der Waals surface area contributed by atoms with Crippen LogP contribution in [0.15, 0.2) is 24.3 Å². The third-order valence-electron chi connectivity index (χ3n) is 4.21. The topological polar surface area (TPSA) is 58.2 Å². The minimum absolute atomic E-state index is 0.0568. The minimum atomic E-state index is -0.0568. The van der Waals surface area contributed by atoms with Crippen molar-refractivity contribution in [2.45, 2.75) is 51.9 Å². The van der Waals surface area contributed by atoms with E-state index in [2.05, 4.69) is 17.6 Å². The molecule has 0 spiro atoms. The van der Waals surface area contributed by atoms with Gasteiger partial charge in [-0.3, -0.25) is 9.59 Å². The number of hydrogen-bond donors (Lipinski definition) is 2. The molecule has 0 aromatic heterocycles. The lowest BCUT2D eigenvalue weighted by Crippen LogP contribution is -2.25. The van der Waals surface area contributed by atoms with Crippen LogP contribution >= 0.6 is 0 Å². The highest BCUT2D eigenvalue weighted by molar-refractivity contribution is 5.96. The zero-order chi connectivity index (χ0) is 15.8. The number of hydrogen-bond acceptors (Lipinski definition) is 2. The average molecular weight is 302 g/mol. The molecule has 1 aliphatic carbocycles. The van der Waals surface area contributed by atoms with Gasteiger partial charge >= 0.3 is 0 Å². The van der Waals surface area contributed by atoms with Crippen molar-refractivity contribution in [3.63, 3.8) is 0 Å². The molecule has 4 nitrogen and oxygen atoms in total. The van der Waals surface area contributed by atoms with Crippen molar-refractivity contribution in [3.05, 3.63) is 29.8 Å². The molecule has 0 unspecified atom stereocenters. The highest BCUT2D eigenvalue weighted by Crippen LogP contribution is 2.25. The van der Waals surface area contributed by atoms with Crippen LogP contribution in [0.25, 0.3) is 0 Å². The first-order valence-corrected chi connectivity index (χ1v) is 8.40. The van der Waals surface area contributed by atoms with Crippen molar-refractivity contribution in [2.24, 2.45) is 5.92 Å². The van der Waals surface area contributed by atoms with E-state index < -0.39 is 0 Å². The standard InChI is InChI=1S/C18H26N2O2/c1-2-3-13-19-17(21)15-9-11-16(12-10-15)20-18(22)14-7-5-4-6-8-14/h9-12,14H,2-8,13H2,1H3,(H,19,21)(H,20,22). The Morgan fingerprint density at radius 1 is 1.09 bits per heavy atom. The summed E-state index contributed by atoms with van der Waals surface area (Å²) < 4.78 is 0. The second kappa shape index (κ2) is 8.57. The van der Waals surface area contributed by atoms with Crippen LogP contribution < -0.4 is 10.6 Å². The molecular weight excluding hydrogens is 276 g/mol. The van der Waals surface area contributed by atoms with E-state index >= 15 is 0 Å². The summed E-state index contributed by atoms with van der Waals surface area (Å²) >= 11 is 0. The second-order valence-corrected chi connectivity index (χ2v) is 6.01. The number of nitrogens with one attached hydrogen (secondary N) is 2. The van der Waals surface area contributed by atoms with Crippen molar-refractivity contribution < 1.29 is 9.59 Å². The second-order valence-electron chi connectivity index (χ2n) is 6.01. The largest absolute Gasteiger partial charge is 0.352 e. The van der Waals surface area contributed by atoms with Gasteiger partial charge in [0.1, 0.15) is 0 Å². The third kappa shape index (κ3) is 4.86. The first-order valence-electron chi connectivity index (χ1n) is 8.40. The average Bonchev–Trinajstić information content (AvgIpc) is 2.56. The van der Waals surface area contributed by atoms with Gasteiger partial charge in [0, 0.05) is 23.7 Å². The zero-order valence-corrected chi connectivity index (χ0v) is 13.4. The van der Waals surface area contributed by atoms with Crippen LogP contribution in [0.4, 0.5) is 5.69 Å². The molecule has 22 heavy (non-hydrogen) atoms. The highest BCUT2D eigenvalue weighted by atomic mass is 16.2. The van der Waals surface area contributed by atoms with Crippen LogP contribution in [0.3, 0.4) is 0 Å². The van der Waals surface area contributed by atoms with Gasteiger partial charge in [-0.2, -0.15) is 0 Å². The van der Waals surface area contributed by atoms with Gasteiger partial charge in [0.15, 0.2) is 0 Å². The van der Waals surface area contributed by atoms with E-state index in [1.807, 2.05) is 0 Å². The Morgan fingerprint density at radius 2 is 1.77 bits per heavy atom. The minimum Gasteiger partial charge on any atom is -0.352 e. The molecule has 1 aromatic carbocycles. The van der Waals surface area contributed by atoms with Crippen LogP contribution in [-0.2, 0) is 4.79 Å². The van der Waals surface area contributed by atoms with Crippen LogP contribution in [0.5, 0.6) is 0 Å². The van der Waals surface area contributed by atoms with Gasteiger partial charge in [0.2, 0.25) is 5.91 Å². The first kappa shape index (κ1) is 16.5. The molecule has 1 fully saturated rings. The maximum Gasteiger partial charge on any atom is 0.251 e. The summed E-state index contributed by atoms with van der Waals surface area (Å²) in [6.07, 6.45) is 7.57. The molecule has 2 amide bonds. The Hall–Kier alpha value is -1.84. The van der Waals surface area contributed by atoms with Crippen molar-refractivity contribution in [2.75, 3.05) is 11.9 Å². The fourth-order valence-electron chi connectivity index (χ4n) is 2.79. The number of rotatable bonds is 6. The Kier molecular flexibility index (Phi) is 6.44. The van der Waals surface area contributed by atoms with E-state index in [4.69, 9.17) is 0 Å². The van der Waals surface area contributed by atoms with Crippen LogP contribution in [0.1, 0.15) is 62.2 Å². The summed E-state index contributed by atoms with van der Waals surface area (Å²) in [5.41, 5.74) is 1.40. The fraction of sp³-hybridized carbons (Fsp3) is 0.556. The van der Waals surface area contributed by atoms with Gasteiger partial charge in [-0.1, -0.05) is 32.6 Å². The summed E-state index contributed by atoms with van der Waals surface area (Å²) in [7, 11) is 0. The normalized spacial score (nSPS) is 15.3. The number of anilines is 1. The highest BCUT2D eigenvalue weighted by Gasteiger charge is 2.21. The molecule has 0 bridgehead atoms. The monoisotopic (exact) mass is 302 g/mol. The molecule has 1 aliphatic rings. The van der Waals surface area contributed by atoms with Crippen molar-refractivity contribution in [1.82, 2.24) is 5.32 Å². The SMILES string of the molecule is CCCCNC(=O)c1ccc(NC(=O)C2CCCCC2)cc1. The Morgan fingerprint density at radius 3 is 2.41 bits per heavy atom. The molecule has 120 valence electrons. The van der Waals surface area contributed by atoms with Crippen LogP contribution in [0, 0.1) is 5.92 Å². The molecule has 2 rings (SSSR count). The fourth-order valence-corrected chi connectivity index (χ4v) is 2.79. The lowest BCUT2D eigenvalue weighted by molar-refractivity contribution is -0.120. The van der Waals surface area contributed by atoms with E-state index in [-0.39, 0.29) is 17.7 Å². The molecule has 0 radical (unpaired) electrons. The lowest BCUT2D eigenvalue weighted by atomic mass is 9.88. The molecular formula is C18H26N2O2. The molecule has 0 aliphatic heterocycles.